The van der Waals surface area contributed by atoms with E-state index in [2.05, 4.69) is 10.3 Å². The van der Waals surface area contributed by atoms with E-state index in [-0.39, 0.29) is 29.6 Å². The summed E-state index contributed by atoms with van der Waals surface area (Å²) in [7, 11) is 0. The summed E-state index contributed by atoms with van der Waals surface area (Å²) in [5, 5.41) is 5.11. The molecule has 158 valence electrons. The Morgan fingerprint density at radius 1 is 1.13 bits per heavy atom. The van der Waals surface area contributed by atoms with Crippen LogP contribution in [-0.4, -0.2) is 21.2 Å². The first-order chi connectivity index (χ1) is 15.1. The van der Waals surface area contributed by atoms with Crippen LogP contribution in [0.3, 0.4) is 0 Å². The average molecular weight is 454 g/mol. The van der Waals surface area contributed by atoms with Crippen LogP contribution in [0.15, 0.2) is 69.9 Å². The number of nitrogens with one attached hydrogen (secondary N) is 1. The molecule has 0 bridgehead atoms. The van der Waals surface area contributed by atoms with Crippen molar-refractivity contribution in [1.29, 1.82) is 0 Å². The van der Waals surface area contributed by atoms with Crippen LogP contribution in [0.4, 0.5) is 10.1 Å². The predicted octanol–water partition coefficient (Wildman–Crippen LogP) is 4.94. The highest BCUT2D eigenvalue weighted by molar-refractivity contribution is 7.99. The van der Waals surface area contributed by atoms with E-state index < -0.39 is 0 Å². The van der Waals surface area contributed by atoms with Gasteiger partial charge in [0.1, 0.15) is 10.5 Å². The largest absolute Gasteiger partial charge is 0.325 e. The number of hydrogen-bond acceptors (Lipinski definition) is 5. The quantitative estimate of drug-likeness (QED) is 0.318. The normalized spacial score (nSPS) is 11.0. The summed E-state index contributed by atoms with van der Waals surface area (Å²) in [6.45, 7) is 2.08. The molecule has 1 N–H and O–H groups in total. The first kappa shape index (κ1) is 21.3. The van der Waals surface area contributed by atoms with Crippen molar-refractivity contribution in [1.82, 2.24) is 9.55 Å². The number of fused-ring (bicyclic) bond motifs is 1. The molecular weight excluding hydrogens is 433 g/mol. The van der Waals surface area contributed by atoms with Gasteiger partial charge >= 0.3 is 0 Å². The number of nitrogens with zero attached hydrogens (tertiary/aromatic N) is 2. The Bertz CT molecular complexity index is 1300. The van der Waals surface area contributed by atoms with Gasteiger partial charge in [-0.05, 0) is 35.6 Å². The molecule has 5 nitrogen and oxygen atoms in total. The summed E-state index contributed by atoms with van der Waals surface area (Å²) in [5.41, 5.74) is 2.57. The number of thioether (sulfide) groups is 1. The zero-order chi connectivity index (χ0) is 21.8. The molecule has 8 heteroatoms. The molecule has 0 radical (unpaired) electrons. The van der Waals surface area contributed by atoms with Gasteiger partial charge in [0.25, 0.3) is 5.56 Å². The van der Waals surface area contributed by atoms with Gasteiger partial charge in [0.05, 0.1) is 17.8 Å². The summed E-state index contributed by atoms with van der Waals surface area (Å²) < 4.78 is 16.2. The number of carbonyl (C=O) groups excluding carboxylic acids is 1. The molecule has 4 rings (SSSR count). The minimum Gasteiger partial charge on any atom is -0.325 e. The van der Waals surface area contributed by atoms with Crippen molar-refractivity contribution in [2.75, 3.05) is 11.1 Å². The SMILES string of the molecule is CCc1ccccc1NC(=O)CSc1nc2ccsc2c(=O)n1Cc1ccccc1F. The molecule has 0 aliphatic heterocycles. The van der Waals surface area contributed by atoms with Gasteiger partial charge in [-0.1, -0.05) is 55.1 Å². The zero-order valence-electron chi connectivity index (χ0n) is 16.8. The summed E-state index contributed by atoms with van der Waals surface area (Å²) in [4.78, 5) is 30.2. The van der Waals surface area contributed by atoms with Crippen LogP contribution in [0.1, 0.15) is 18.1 Å². The van der Waals surface area contributed by atoms with Gasteiger partial charge in [-0.15, -0.1) is 11.3 Å². The van der Waals surface area contributed by atoms with Gasteiger partial charge in [0.2, 0.25) is 5.91 Å². The maximum atomic E-state index is 14.2. The van der Waals surface area contributed by atoms with Crippen LogP contribution in [0.25, 0.3) is 10.2 Å². The van der Waals surface area contributed by atoms with Gasteiger partial charge in [-0.2, -0.15) is 0 Å². The number of thiophene rings is 1. The Morgan fingerprint density at radius 2 is 1.87 bits per heavy atom. The van der Waals surface area contributed by atoms with E-state index in [4.69, 9.17) is 0 Å². The van der Waals surface area contributed by atoms with Crippen molar-refractivity contribution >= 4 is 44.9 Å². The van der Waals surface area contributed by atoms with Crippen LogP contribution in [0.5, 0.6) is 0 Å². The van der Waals surface area contributed by atoms with E-state index in [0.717, 1.165) is 17.7 Å². The van der Waals surface area contributed by atoms with E-state index in [1.54, 1.807) is 29.6 Å². The maximum absolute atomic E-state index is 14.2. The molecule has 0 fully saturated rings. The molecule has 0 aliphatic carbocycles. The van der Waals surface area contributed by atoms with Gasteiger partial charge in [0, 0.05) is 11.3 Å². The predicted molar refractivity (Wildman–Crippen MR) is 125 cm³/mol. The third-order valence-corrected chi connectivity index (χ3v) is 6.69. The number of halogens is 1. The topological polar surface area (TPSA) is 64.0 Å². The molecular formula is C23H20FN3O2S2. The molecule has 0 unspecified atom stereocenters. The van der Waals surface area contributed by atoms with E-state index in [0.29, 0.717) is 20.9 Å². The van der Waals surface area contributed by atoms with Crippen LogP contribution in [0.2, 0.25) is 0 Å². The van der Waals surface area contributed by atoms with Crippen LogP contribution >= 0.6 is 23.1 Å². The molecule has 4 aromatic rings. The number of hydrogen-bond donors (Lipinski definition) is 1. The number of para-hydroxylation sites is 1. The molecule has 0 aliphatic rings. The van der Waals surface area contributed by atoms with E-state index in [1.165, 1.54) is 33.7 Å². The van der Waals surface area contributed by atoms with Crippen molar-refractivity contribution in [2.45, 2.75) is 25.0 Å². The van der Waals surface area contributed by atoms with Crippen molar-refractivity contribution in [3.05, 3.63) is 87.3 Å². The molecule has 2 heterocycles. The second-order valence-corrected chi connectivity index (χ2v) is 8.72. The lowest BCUT2D eigenvalue weighted by molar-refractivity contribution is -0.113. The highest BCUT2D eigenvalue weighted by Crippen LogP contribution is 2.23. The van der Waals surface area contributed by atoms with Crippen LogP contribution < -0.4 is 10.9 Å². The first-order valence-electron chi connectivity index (χ1n) is 9.78. The Balaban J connectivity index is 1.60. The minimum atomic E-state index is -0.384. The zero-order valence-corrected chi connectivity index (χ0v) is 18.4. The number of aromatic nitrogens is 2. The maximum Gasteiger partial charge on any atom is 0.272 e. The number of anilines is 1. The van der Waals surface area contributed by atoms with Gasteiger partial charge in [-0.25, -0.2) is 9.37 Å². The summed E-state index contributed by atoms with van der Waals surface area (Å²) in [6, 6.07) is 15.8. The van der Waals surface area contributed by atoms with Crippen molar-refractivity contribution in [2.24, 2.45) is 0 Å². The molecule has 0 atom stereocenters. The summed E-state index contributed by atoms with van der Waals surface area (Å²) in [5.74, 6) is -0.495. The molecule has 0 saturated heterocycles. The monoisotopic (exact) mass is 453 g/mol. The van der Waals surface area contributed by atoms with Crippen LogP contribution in [-0.2, 0) is 17.8 Å². The highest BCUT2D eigenvalue weighted by atomic mass is 32.2. The van der Waals surface area contributed by atoms with E-state index in [1.807, 2.05) is 31.2 Å². The fourth-order valence-corrected chi connectivity index (χ4v) is 4.81. The van der Waals surface area contributed by atoms with Gasteiger partial charge in [-0.3, -0.25) is 14.2 Å². The number of rotatable bonds is 7. The lowest BCUT2D eigenvalue weighted by Crippen LogP contribution is -2.24. The lowest BCUT2D eigenvalue weighted by Gasteiger charge is -2.13. The lowest BCUT2D eigenvalue weighted by atomic mass is 10.1. The Labute approximate surface area is 187 Å². The standard InChI is InChI=1S/C23H20FN3O2S2/c1-2-15-7-4-6-10-18(15)25-20(28)14-31-23-26-19-11-12-30-21(19)22(29)27(23)13-16-8-3-5-9-17(16)24/h3-12H,2,13-14H2,1H3,(H,25,28). The number of aryl methyl sites for hydroxylation is 1. The van der Waals surface area contributed by atoms with Gasteiger partial charge < -0.3 is 5.32 Å². The molecule has 2 aromatic heterocycles. The number of benzene rings is 2. The van der Waals surface area contributed by atoms with Crippen molar-refractivity contribution in [3.63, 3.8) is 0 Å². The van der Waals surface area contributed by atoms with E-state index >= 15 is 0 Å². The fourth-order valence-electron chi connectivity index (χ4n) is 3.24. The summed E-state index contributed by atoms with van der Waals surface area (Å²) >= 11 is 2.47. The Hall–Kier alpha value is -2.97. The third-order valence-electron chi connectivity index (χ3n) is 4.82. The number of carbonyl (C=O) groups is 1. The van der Waals surface area contributed by atoms with Gasteiger partial charge in [0.15, 0.2) is 5.16 Å². The van der Waals surface area contributed by atoms with E-state index in [9.17, 15) is 14.0 Å². The molecule has 1 amide bonds. The molecule has 31 heavy (non-hydrogen) atoms. The first-order valence-corrected chi connectivity index (χ1v) is 11.7. The molecule has 0 saturated carbocycles. The molecule has 0 spiro atoms. The fraction of sp³-hybridized carbons (Fsp3) is 0.174. The Kier molecular flexibility index (Phi) is 6.48. The summed E-state index contributed by atoms with van der Waals surface area (Å²) in [6.07, 6.45) is 0.808. The molecule has 2 aromatic carbocycles. The van der Waals surface area contributed by atoms with Crippen LogP contribution in [0, 0.1) is 5.82 Å². The minimum absolute atomic E-state index is 0.0506. The smallest absolute Gasteiger partial charge is 0.272 e. The highest BCUT2D eigenvalue weighted by Gasteiger charge is 2.16. The van der Waals surface area contributed by atoms with Crippen molar-refractivity contribution < 1.29 is 9.18 Å². The second-order valence-electron chi connectivity index (χ2n) is 6.86. The number of amides is 1. The second kappa shape index (κ2) is 9.45. The average Bonchev–Trinajstić information content (AvgIpc) is 3.25. The van der Waals surface area contributed by atoms with Crippen molar-refractivity contribution in [3.8, 4) is 0 Å². The third kappa shape index (κ3) is 4.70. The Morgan fingerprint density at radius 3 is 2.65 bits per heavy atom.